The van der Waals surface area contributed by atoms with Crippen LogP contribution in [0.15, 0.2) is 75.5 Å². The summed E-state index contributed by atoms with van der Waals surface area (Å²) in [5, 5.41) is 0.638. The Kier molecular flexibility index (Phi) is 6.19. The number of aromatic nitrogens is 2. The van der Waals surface area contributed by atoms with Crippen LogP contribution in [-0.2, 0) is 11.5 Å². The van der Waals surface area contributed by atoms with Crippen molar-refractivity contribution in [1.82, 2.24) is 9.97 Å². The Hall–Kier alpha value is -2.18. The van der Waals surface area contributed by atoms with Crippen LogP contribution in [0, 0.1) is 0 Å². The van der Waals surface area contributed by atoms with Gasteiger partial charge in [0, 0.05) is 22.5 Å². The zero-order chi connectivity index (χ0) is 17.5. The SMILES string of the molecule is COc1cccc(CSc2nc(CSc3ccccc3)cc(=O)[nH]2)c1. The van der Waals surface area contributed by atoms with Crippen molar-refractivity contribution in [3.8, 4) is 5.75 Å². The molecule has 1 aromatic heterocycles. The second-order valence-corrected chi connectivity index (χ2v) is 7.30. The molecule has 3 aromatic rings. The zero-order valence-electron chi connectivity index (χ0n) is 13.8. The molecule has 1 N–H and O–H groups in total. The van der Waals surface area contributed by atoms with E-state index in [-0.39, 0.29) is 5.56 Å². The molecule has 0 spiro atoms. The van der Waals surface area contributed by atoms with Crippen LogP contribution in [0.5, 0.6) is 5.75 Å². The van der Waals surface area contributed by atoms with E-state index >= 15 is 0 Å². The van der Waals surface area contributed by atoms with Gasteiger partial charge in [-0.3, -0.25) is 4.79 Å². The second kappa shape index (κ2) is 8.78. The first-order valence-electron chi connectivity index (χ1n) is 7.77. The van der Waals surface area contributed by atoms with E-state index in [9.17, 15) is 4.79 Å². The molecule has 0 aliphatic heterocycles. The van der Waals surface area contributed by atoms with Gasteiger partial charge in [-0.2, -0.15) is 0 Å². The summed E-state index contributed by atoms with van der Waals surface area (Å²) in [5.74, 6) is 2.21. The Bertz CT molecular complexity index is 882. The number of nitrogens with zero attached hydrogens (tertiary/aromatic N) is 1. The Morgan fingerprint density at radius 2 is 1.84 bits per heavy atom. The number of hydrogen-bond donors (Lipinski definition) is 1. The molecule has 1 heterocycles. The number of thioether (sulfide) groups is 2. The normalized spacial score (nSPS) is 10.6. The predicted octanol–water partition coefficient (Wildman–Crippen LogP) is 4.36. The third-order valence-electron chi connectivity index (χ3n) is 3.41. The van der Waals surface area contributed by atoms with Gasteiger partial charge in [0.15, 0.2) is 5.16 Å². The fourth-order valence-corrected chi connectivity index (χ4v) is 3.86. The maximum atomic E-state index is 11.9. The third kappa shape index (κ3) is 5.41. The number of H-pyrrole nitrogens is 1. The molecule has 0 saturated carbocycles. The van der Waals surface area contributed by atoms with Crippen molar-refractivity contribution in [3.05, 3.63) is 82.3 Å². The summed E-state index contributed by atoms with van der Waals surface area (Å²) >= 11 is 3.18. The molecule has 0 unspecified atom stereocenters. The monoisotopic (exact) mass is 370 g/mol. The van der Waals surface area contributed by atoms with Gasteiger partial charge in [0.25, 0.3) is 5.56 Å². The molecule has 0 bridgehead atoms. The van der Waals surface area contributed by atoms with Crippen LogP contribution in [-0.4, -0.2) is 17.1 Å². The summed E-state index contributed by atoms with van der Waals surface area (Å²) in [6, 6.07) is 19.5. The van der Waals surface area contributed by atoms with Crippen LogP contribution in [0.2, 0.25) is 0 Å². The molecule has 0 aliphatic rings. The number of nitrogens with one attached hydrogen (secondary N) is 1. The molecule has 25 heavy (non-hydrogen) atoms. The number of hydrogen-bond acceptors (Lipinski definition) is 5. The molecule has 0 fully saturated rings. The summed E-state index contributed by atoms with van der Waals surface area (Å²) in [6.07, 6.45) is 0. The molecule has 0 saturated heterocycles. The molecule has 4 nitrogen and oxygen atoms in total. The molecular formula is C19H18N2O2S2. The highest BCUT2D eigenvalue weighted by Gasteiger charge is 2.05. The number of benzene rings is 2. The minimum absolute atomic E-state index is 0.119. The summed E-state index contributed by atoms with van der Waals surface area (Å²) in [5.41, 5.74) is 1.79. The van der Waals surface area contributed by atoms with Gasteiger partial charge < -0.3 is 9.72 Å². The molecule has 3 rings (SSSR count). The van der Waals surface area contributed by atoms with Gasteiger partial charge in [-0.15, -0.1) is 11.8 Å². The van der Waals surface area contributed by atoms with E-state index in [1.807, 2.05) is 42.5 Å². The number of methoxy groups -OCH3 is 1. The van der Waals surface area contributed by atoms with Crippen molar-refractivity contribution in [2.75, 3.05) is 7.11 Å². The van der Waals surface area contributed by atoms with Crippen molar-refractivity contribution in [2.24, 2.45) is 0 Å². The lowest BCUT2D eigenvalue weighted by Gasteiger charge is -2.06. The standard InChI is InChI=1S/C19H18N2O2S2/c1-23-16-7-5-6-14(10-16)12-25-19-20-15(11-18(22)21-19)13-24-17-8-3-2-4-9-17/h2-11H,12-13H2,1H3,(H,20,21,22). The van der Waals surface area contributed by atoms with Crippen LogP contribution in [0.3, 0.4) is 0 Å². The molecule has 0 atom stereocenters. The van der Waals surface area contributed by atoms with E-state index in [0.717, 1.165) is 27.7 Å². The molecular weight excluding hydrogens is 352 g/mol. The highest BCUT2D eigenvalue weighted by Crippen LogP contribution is 2.24. The van der Waals surface area contributed by atoms with E-state index in [2.05, 4.69) is 22.1 Å². The van der Waals surface area contributed by atoms with Gasteiger partial charge in [-0.25, -0.2) is 4.98 Å². The third-order valence-corrected chi connectivity index (χ3v) is 5.40. The van der Waals surface area contributed by atoms with E-state index in [0.29, 0.717) is 10.9 Å². The number of aromatic amines is 1. The first-order valence-corrected chi connectivity index (χ1v) is 9.74. The zero-order valence-corrected chi connectivity index (χ0v) is 15.4. The second-order valence-electron chi connectivity index (χ2n) is 5.28. The van der Waals surface area contributed by atoms with Crippen molar-refractivity contribution >= 4 is 23.5 Å². The van der Waals surface area contributed by atoms with Gasteiger partial charge in [-0.1, -0.05) is 42.1 Å². The van der Waals surface area contributed by atoms with Crippen molar-refractivity contribution in [2.45, 2.75) is 21.6 Å². The Balaban J connectivity index is 1.65. The van der Waals surface area contributed by atoms with E-state index in [4.69, 9.17) is 4.74 Å². The van der Waals surface area contributed by atoms with E-state index < -0.39 is 0 Å². The summed E-state index contributed by atoms with van der Waals surface area (Å²) in [4.78, 5) is 20.4. The molecule has 0 amide bonds. The van der Waals surface area contributed by atoms with Gasteiger partial charge in [0.2, 0.25) is 0 Å². The van der Waals surface area contributed by atoms with Crippen molar-refractivity contribution in [3.63, 3.8) is 0 Å². The van der Waals surface area contributed by atoms with Gasteiger partial charge in [-0.05, 0) is 29.8 Å². The average Bonchev–Trinajstić information content (AvgIpc) is 2.65. The van der Waals surface area contributed by atoms with Crippen LogP contribution in [0.25, 0.3) is 0 Å². The summed E-state index contributed by atoms with van der Waals surface area (Å²) in [6.45, 7) is 0. The largest absolute Gasteiger partial charge is 0.497 e. The first kappa shape index (κ1) is 17.6. The summed E-state index contributed by atoms with van der Waals surface area (Å²) in [7, 11) is 1.65. The maximum Gasteiger partial charge on any atom is 0.251 e. The molecule has 0 radical (unpaired) electrons. The fraction of sp³-hybridized carbons (Fsp3) is 0.158. The summed E-state index contributed by atoms with van der Waals surface area (Å²) < 4.78 is 5.23. The highest BCUT2D eigenvalue weighted by atomic mass is 32.2. The topological polar surface area (TPSA) is 55.0 Å². The van der Waals surface area contributed by atoms with Gasteiger partial charge in [0.1, 0.15) is 5.75 Å². The molecule has 2 aromatic carbocycles. The van der Waals surface area contributed by atoms with Gasteiger partial charge in [0.05, 0.1) is 12.8 Å². The lowest BCUT2D eigenvalue weighted by molar-refractivity contribution is 0.414. The lowest BCUT2D eigenvalue weighted by atomic mass is 10.2. The molecule has 0 aliphatic carbocycles. The Labute approximate surface area is 155 Å². The minimum atomic E-state index is -0.119. The van der Waals surface area contributed by atoms with Crippen molar-refractivity contribution in [1.29, 1.82) is 0 Å². The van der Waals surface area contributed by atoms with E-state index in [1.54, 1.807) is 24.9 Å². The van der Waals surface area contributed by atoms with Crippen LogP contribution in [0.1, 0.15) is 11.3 Å². The first-order chi connectivity index (χ1) is 12.2. The number of rotatable bonds is 7. The Morgan fingerprint density at radius 1 is 1.00 bits per heavy atom. The highest BCUT2D eigenvalue weighted by molar-refractivity contribution is 7.98. The molecule has 6 heteroatoms. The Morgan fingerprint density at radius 3 is 2.64 bits per heavy atom. The van der Waals surface area contributed by atoms with E-state index in [1.165, 1.54) is 11.8 Å². The van der Waals surface area contributed by atoms with Gasteiger partial charge >= 0.3 is 0 Å². The predicted molar refractivity (Wildman–Crippen MR) is 103 cm³/mol. The minimum Gasteiger partial charge on any atom is -0.497 e. The number of ether oxygens (including phenoxy) is 1. The van der Waals surface area contributed by atoms with Crippen molar-refractivity contribution < 1.29 is 4.74 Å². The smallest absolute Gasteiger partial charge is 0.251 e. The van der Waals surface area contributed by atoms with Crippen LogP contribution < -0.4 is 10.3 Å². The van der Waals surface area contributed by atoms with Crippen LogP contribution >= 0.6 is 23.5 Å². The quantitative estimate of drug-likeness (QED) is 0.495. The fourth-order valence-electron chi connectivity index (χ4n) is 2.21. The maximum absolute atomic E-state index is 11.9. The van der Waals surface area contributed by atoms with Crippen LogP contribution in [0.4, 0.5) is 0 Å². The molecule has 128 valence electrons. The average molecular weight is 370 g/mol. The lowest BCUT2D eigenvalue weighted by Crippen LogP contribution is -2.09.